The highest BCUT2D eigenvalue weighted by atomic mass is 35.5. The van der Waals surface area contributed by atoms with Crippen molar-refractivity contribution in [2.75, 3.05) is 5.32 Å². The number of anilines is 1. The number of aromatic hydroxyl groups is 1. The number of halogens is 4. The molecule has 31 heavy (non-hydrogen) atoms. The van der Waals surface area contributed by atoms with Gasteiger partial charge in [-0.15, -0.1) is 0 Å². The van der Waals surface area contributed by atoms with Crippen LogP contribution >= 0.6 is 46.4 Å². The van der Waals surface area contributed by atoms with E-state index in [2.05, 4.69) is 35.2 Å². The van der Waals surface area contributed by atoms with Crippen molar-refractivity contribution >= 4 is 52.4 Å². The Bertz CT molecular complexity index is 1080. The maximum absolute atomic E-state index is 9.29. The first kappa shape index (κ1) is 23.0. The zero-order valence-corrected chi connectivity index (χ0v) is 18.5. The van der Waals surface area contributed by atoms with Gasteiger partial charge in [0.15, 0.2) is 0 Å². The lowest BCUT2D eigenvalue weighted by Crippen LogP contribution is -2.07. The van der Waals surface area contributed by atoms with E-state index in [1.54, 1.807) is 18.4 Å². The molecule has 0 radical (unpaired) electrons. The van der Waals surface area contributed by atoms with Gasteiger partial charge in [0.1, 0.15) is 17.3 Å². The topological polar surface area (TPSA) is 123 Å². The normalized spacial score (nSPS) is 10.3. The van der Waals surface area contributed by atoms with Gasteiger partial charge in [0.2, 0.25) is 27.1 Å². The largest absolute Gasteiger partial charge is 0.508 e. The molecule has 0 atom stereocenters. The van der Waals surface area contributed by atoms with Gasteiger partial charge in [-0.1, -0.05) is 12.1 Å². The molecule has 0 spiro atoms. The molecule has 0 amide bonds. The number of hydrogen-bond donors (Lipinski definition) is 2. The maximum Gasteiger partial charge on any atom is 0.227 e. The van der Waals surface area contributed by atoms with E-state index < -0.39 is 0 Å². The fourth-order valence-corrected chi connectivity index (χ4v) is 3.02. The van der Waals surface area contributed by atoms with Crippen molar-refractivity contribution in [1.82, 2.24) is 29.9 Å². The molecular weight excluding hydrogens is 488 g/mol. The van der Waals surface area contributed by atoms with Crippen molar-refractivity contribution in [2.24, 2.45) is 0 Å². The van der Waals surface area contributed by atoms with Crippen LogP contribution in [0.5, 0.6) is 5.75 Å². The van der Waals surface area contributed by atoms with Crippen LogP contribution in [-0.4, -0.2) is 35.0 Å². The first-order valence-corrected chi connectivity index (χ1v) is 10.1. The van der Waals surface area contributed by atoms with Crippen molar-refractivity contribution in [3.8, 4) is 5.75 Å². The lowest BCUT2D eigenvalue weighted by atomic mass is 10.1. The van der Waals surface area contributed by atoms with Crippen LogP contribution in [0.15, 0.2) is 47.1 Å². The Morgan fingerprint density at radius 3 is 1.97 bits per heavy atom. The number of furan rings is 1. The van der Waals surface area contributed by atoms with E-state index in [0.717, 1.165) is 11.3 Å². The summed E-state index contributed by atoms with van der Waals surface area (Å²) in [6, 6.07) is 10.5. The number of phenolic OH excluding ortho intramolecular Hbond substituents is 1. The van der Waals surface area contributed by atoms with Gasteiger partial charge in [-0.25, -0.2) is 4.98 Å². The number of nitrogens with one attached hydrogen (secondary N) is 1. The molecule has 160 valence electrons. The van der Waals surface area contributed by atoms with Crippen molar-refractivity contribution in [3.63, 3.8) is 0 Å². The standard InChI is InChI=1S/C15H13ClN4O2.C3Cl3N3/c16-14-18-13(8-10-3-5-11(21)6-4-10)19-15(20-14)17-9-12-2-1-7-22-12;4-1-7-2(5)9-3(6)8-1/h1-7,21H,8-9H2,(H,17,18,19,20);. The Morgan fingerprint density at radius 1 is 0.774 bits per heavy atom. The summed E-state index contributed by atoms with van der Waals surface area (Å²) in [5.41, 5.74) is 0.969. The highest BCUT2D eigenvalue weighted by molar-refractivity contribution is 6.33. The van der Waals surface area contributed by atoms with Crippen LogP contribution in [-0.2, 0) is 13.0 Å². The van der Waals surface area contributed by atoms with Crippen LogP contribution in [0, 0.1) is 0 Å². The second kappa shape index (κ2) is 11.1. The predicted molar refractivity (Wildman–Crippen MR) is 117 cm³/mol. The zero-order chi connectivity index (χ0) is 22.2. The Labute approximate surface area is 196 Å². The maximum atomic E-state index is 9.29. The fourth-order valence-electron chi connectivity index (χ4n) is 2.23. The first-order chi connectivity index (χ1) is 14.9. The minimum absolute atomic E-state index is 0.000000000000000444. The number of benzene rings is 1. The third-order valence-corrected chi connectivity index (χ3v) is 4.18. The number of hydrogen-bond acceptors (Lipinski definition) is 9. The summed E-state index contributed by atoms with van der Waals surface area (Å²) in [7, 11) is 0. The van der Waals surface area contributed by atoms with E-state index in [0.29, 0.717) is 24.7 Å². The van der Waals surface area contributed by atoms with Crippen molar-refractivity contribution in [3.05, 3.63) is 80.9 Å². The summed E-state index contributed by atoms with van der Waals surface area (Å²) in [5, 5.41) is 12.5. The number of nitrogens with zero attached hydrogens (tertiary/aromatic N) is 6. The van der Waals surface area contributed by atoms with E-state index in [1.165, 1.54) is 0 Å². The Hall–Kier alpha value is -2.72. The van der Waals surface area contributed by atoms with Crippen molar-refractivity contribution in [1.29, 1.82) is 0 Å². The minimum Gasteiger partial charge on any atom is -0.508 e. The number of phenols is 1. The fraction of sp³-hybridized carbons (Fsp3) is 0.111. The first-order valence-electron chi connectivity index (χ1n) is 8.54. The summed E-state index contributed by atoms with van der Waals surface area (Å²) in [5.74, 6) is 1.94. The van der Waals surface area contributed by atoms with Crippen LogP contribution in [0.4, 0.5) is 5.95 Å². The molecule has 0 aliphatic carbocycles. The number of rotatable bonds is 5. The Balaban J connectivity index is 0.000000254. The summed E-state index contributed by atoms with van der Waals surface area (Å²) < 4.78 is 5.23. The van der Waals surface area contributed by atoms with Crippen LogP contribution < -0.4 is 5.32 Å². The third kappa shape index (κ3) is 7.80. The minimum atomic E-state index is 0.000000000000000444. The molecule has 0 fully saturated rings. The smallest absolute Gasteiger partial charge is 0.227 e. The van der Waals surface area contributed by atoms with Gasteiger partial charge in [-0.05, 0) is 76.2 Å². The molecule has 0 bridgehead atoms. The number of aromatic nitrogens is 6. The van der Waals surface area contributed by atoms with Gasteiger partial charge in [0.05, 0.1) is 12.8 Å². The average Bonchev–Trinajstić information content (AvgIpc) is 3.21. The molecular formula is C18H13Cl4N7O2. The average molecular weight is 501 g/mol. The molecule has 3 aromatic heterocycles. The predicted octanol–water partition coefficient (Wildman–Crippen LogP) is 4.86. The summed E-state index contributed by atoms with van der Waals surface area (Å²) in [4.78, 5) is 22.9. The molecule has 9 nitrogen and oxygen atoms in total. The Kier molecular flexibility index (Phi) is 8.19. The van der Waals surface area contributed by atoms with Crippen LogP contribution in [0.1, 0.15) is 17.1 Å². The molecule has 1 aromatic carbocycles. The quantitative estimate of drug-likeness (QED) is 0.395. The molecule has 4 aromatic rings. The summed E-state index contributed by atoms with van der Waals surface area (Å²) in [6.07, 6.45) is 2.10. The molecule has 0 aliphatic rings. The Morgan fingerprint density at radius 2 is 1.39 bits per heavy atom. The monoisotopic (exact) mass is 499 g/mol. The van der Waals surface area contributed by atoms with Crippen LogP contribution in [0.3, 0.4) is 0 Å². The highest BCUT2D eigenvalue weighted by Gasteiger charge is 2.07. The van der Waals surface area contributed by atoms with Gasteiger partial charge < -0.3 is 14.8 Å². The molecule has 0 aliphatic heterocycles. The highest BCUT2D eigenvalue weighted by Crippen LogP contribution is 2.14. The van der Waals surface area contributed by atoms with Crippen molar-refractivity contribution in [2.45, 2.75) is 13.0 Å². The third-order valence-electron chi connectivity index (χ3n) is 3.51. The van der Waals surface area contributed by atoms with E-state index >= 15 is 0 Å². The van der Waals surface area contributed by atoms with Gasteiger partial charge in [-0.3, -0.25) is 0 Å². The van der Waals surface area contributed by atoms with E-state index in [4.69, 9.17) is 50.8 Å². The molecule has 4 rings (SSSR count). The molecule has 0 saturated heterocycles. The van der Waals surface area contributed by atoms with E-state index in [9.17, 15) is 5.11 Å². The van der Waals surface area contributed by atoms with Gasteiger partial charge in [0, 0.05) is 6.42 Å². The van der Waals surface area contributed by atoms with Gasteiger partial charge in [0.25, 0.3) is 0 Å². The molecule has 0 saturated carbocycles. The summed E-state index contributed by atoms with van der Waals surface area (Å²) in [6.45, 7) is 0.464. The van der Waals surface area contributed by atoms with Crippen LogP contribution in [0.2, 0.25) is 21.1 Å². The molecule has 13 heteroatoms. The van der Waals surface area contributed by atoms with E-state index in [-0.39, 0.29) is 26.9 Å². The van der Waals surface area contributed by atoms with Crippen LogP contribution in [0.25, 0.3) is 0 Å². The summed E-state index contributed by atoms with van der Waals surface area (Å²) >= 11 is 21.9. The van der Waals surface area contributed by atoms with Crippen molar-refractivity contribution < 1.29 is 9.52 Å². The van der Waals surface area contributed by atoms with Gasteiger partial charge >= 0.3 is 0 Å². The second-order valence-electron chi connectivity index (χ2n) is 5.76. The lowest BCUT2D eigenvalue weighted by molar-refractivity contribution is 0.475. The second-order valence-corrected chi connectivity index (χ2v) is 7.12. The molecule has 0 unspecified atom stereocenters. The van der Waals surface area contributed by atoms with E-state index in [1.807, 2.05) is 24.3 Å². The zero-order valence-electron chi connectivity index (χ0n) is 15.5. The molecule has 3 heterocycles. The molecule has 2 N–H and O–H groups in total. The SMILES string of the molecule is Clc1nc(Cl)nc(Cl)n1.Oc1ccc(Cc2nc(Cl)nc(NCc3ccco3)n2)cc1. The lowest BCUT2D eigenvalue weighted by Gasteiger charge is -2.06. The van der Waals surface area contributed by atoms with Gasteiger partial charge in [-0.2, -0.15) is 24.9 Å².